The van der Waals surface area contributed by atoms with Crippen LogP contribution in [0.2, 0.25) is 5.02 Å². The standard InChI is InChI=1S/C18H15ClFN3O.C2HF3O2/c19-14-7-6-13(8-15(14)20)16-9-18(23-11-22-16)21-10-17(24)12-4-2-1-3-5-12;3-2(4,5)1(6)7/h1-9,11,17,24H,10H2,(H,21,22,23);(H,6,7)/t17-;/m0./s1. The van der Waals surface area contributed by atoms with Gasteiger partial charge < -0.3 is 15.5 Å². The number of nitrogens with one attached hydrogen (secondary N) is 1. The van der Waals surface area contributed by atoms with E-state index in [2.05, 4.69) is 15.3 Å². The van der Waals surface area contributed by atoms with E-state index in [1.165, 1.54) is 18.5 Å². The second kappa shape index (κ2) is 10.7. The molecule has 164 valence electrons. The molecule has 0 amide bonds. The Hall–Kier alpha value is -3.24. The minimum atomic E-state index is -5.08. The maximum atomic E-state index is 13.6. The summed E-state index contributed by atoms with van der Waals surface area (Å²) in [7, 11) is 0. The first-order chi connectivity index (χ1) is 14.6. The number of carbonyl (C=O) groups is 1. The molecule has 3 rings (SSSR count). The monoisotopic (exact) mass is 457 g/mol. The summed E-state index contributed by atoms with van der Waals surface area (Å²) in [6, 6.07) is 15.5. The largest absolute Gasteiger partial charge is 0.490 e. The third-order valence-electron chi connectivity index (χ3n) is 3.79. The van der Waals surface area contributed by atoms with Crippen LogP contribution in [-0.2, 0) is 4.79 Å². The molecule has 0 spiro atoms. The average molecular weight is 458 g/mol. The summed E-state index contributed by atoms with van der Waals surface area (Å²) in [6.45, 7) is 0.301. The average Bonchev–Trinajstić information content (AvgIpc) is 2.74. The van der Waals surface area contributed by atoms with E-state index >= 15 is 0 Å². The Balaban J connectivity index is 0.000000423. The lowest BCUT2D eigenvalue weighted by atomic mass is 10.1. The van der Waals surface area contributed by atoms with Gasteiger partial charge in [0.25, 0.3) is 0 Å². The van der Waals surface area contributed by atoms with Gasteiger partial charge in [-0.3, -0.25) is 0 Å². The van der Waals surface area contributed by atoms with Gasteiger partial charge in [0.05, 0.1) is 16.8 Å². The van der Waals surface area contributed by atoms with Crippen LogP contribution in [0, 0.1) is 5.82 Å². The van der Waals surface area contributed by atoms with E-state index in [1.807, 2.05) is 30.3 Å². The fourth-order valence-electron chi connectivity index (χ4n) is 2.26. The third kappa shape index (κ3) is 7.50. The van der Waals surface area contributed by atoms with Crippen LogP contribution in [0.4, 0.5) is 23.4 Å². The summed E-state index contributed by atoms with van der Waals surface area (Å²) in [5.41, 5.74) is 1.99. The Kier molecular flexibility index (Phi) is 8.29. The maximum Gasteiger partial charge on any atom is 0.490 e. The fourth-order valence-corrected chi connectivity index (χ4v) is 2.38. The zero-order chi connectivity index (χ0) is 23.0. The smallest absolute Gasteiger partial charge is 0.475 e. The Morgan fingerprint density at radius 1 is 1.10 bits per heavy atom. The summed E-state index contributed by atoms with van der Waals surface area (Å²) >= 11 is 5.69. The van der Waals surface area contributed by atoms with Crippen molar-refractivity contribution in [2.24, 2.45) is 0 Å². The van der Waals surface area contributed by atoms with Crippen LogP contribution in [0.1, 0.15) is 11.7 Å². The summed E-state index contributed by atoms with van der Waals surface area (Å²) in [4.78, 5) is 17.2. The Bertz CT molecular complexity index is 1020. The molecular weight excluding hydrogens is 442 g/mol. The number of anilines is 1. The number of carboxylic acid groups (broad SMARTS) is 1. The van der Waals surface area contributed by atoms with Crippen molar-refractivity contribution in [1.82, 2.24) is 9.97 Å². The molecule has 1 atom stereocenters. The van der Waals surface area contributed by atoms with Crippen LogP contribution >= 0.6 is 11.6 Å². The van der Waals surface area contributed by atoms with Crippen molar-refractivity contribution >= 4 is 23.4 Å². The van der Waals surface area contributed by atoms with E-state index in [-0.39, 0.29) is 5.02 Å². The van der Waals surface area contributed by atoms with Crippen molar-refractivity contribution in [3.63, 3.8) is 0 Å². The second-order valence-electron chi connectivity index (χ2n) is 6.03. The number of alkyl halides is 3. The van der Waals surface area contributed by atoms with Crippen LogP contribution in [-0.4, -0.2) is 38.9 Å². The van der Waals surface area contributed by atoms with Crippen molar-refractivity contribution in [2.45, 2.75) is 12.3 Å². The predicted octanol–water partition coefficient (Wildman–Crippen LogP) is 4.71. The quantitative estimate of drug-likeness (QED) is 0.480. The Labute approximate surface area is 179 Å². The number of aromatic nitrogens is 2. The van der Waals surface area contributed by atoms with Gasteiger partial charge in [0.15, 0.2) is 0 Å². The van der Waals surface area contributed by atoms with Gasteiger partial charge in [-0.25, -0.2) is 19.2 Å². The van der Waals surface area contributed by atoms with Crippen LogP contribution in [0.3, 0.4) is 0 Å². The van der Waals surface area contributed by atoms with Crippen molar-refractivity contribution < 1.29 is 32.6 Å². The highest BCUT2D eigenvalue weighted by Crippen LogP contribution is 2.24. The number of hydrogen-bond donors (Lipinski definition) is 3. The van der Waals surface area contributed by atoms with E-state index in [1.54, 1.807) is 12.1 Å². The van der Waals surface area contributed by atoms with Crippen molar-refractivity contribution in [2.75, 3.05) is 11.9 Å². The molecular formula is C20H16ClF4N3O3. The summed E-state index contributed by atoms with van der Waals surface area (Å²) in [5.74, 6) is -2.71. The van der Waals surface area contributed by atoms with Crippen molar-refractivity contribution in [3.05, 3.63) is 77.3 Å². The lowest BCUT2D eigenvalue weighted by Crippen LogP contribution is -2.21. The van der Waals surface area contributed by atoms with Crippen molar-refractivity contribution in [1.29, 1.82) is 0 Å². The van der Waals surface area contributed by atoms with Crippen LogP contribution in [0.5, 0.6) is 0 Å². The molecule has 0 saturated carbocycles. The van der Waals surface area contributed by atoms with Crippen LogP contribution in [0.25, 0.3) is 11.3 Å². The second-order valence-corrected chi connectivity index (χ2v) is 6.43. The van der Waals surface area contributed by atoms with Crippen LogP contribution < -0.4 is 5.32 Å². The molecule has 0 fully saturated rings. The molecule has 3 aromatic rings. The van der Waals surface area contributed by atoms with Gasteiger partial charge in [-0.2, -0.15) is 13.2 Å². The zero-order valence-electron chi connectivity index (χ0n) is 15.6. The van der Waals surface area contributed by atoms with E-state index in [0.717, 1.165) is 5.56 Å². The summed E-state index contributed by atoms with van der Waals surface area (Å²) < 4.78 is 45.3. The molecule has 3 N–H and O–H groups in total. The van der Waals surface area contributed by atoms with Crippen molar-refractivity contribution in [3.8, 4) is 11.3 Å². The molecule has 0 unspecified atom stereocenters. The summed E-state index contributed by atoms with van der Waals surface area (Å²) in [6.07, 6.45) is -4.35. The molecule has 11 heteroatoms. The fraction of sp³-hybridized carbons (Fsp3) is 0.150. The SMILES string of the molecule is O=C(O)C(F)(F)F.O[C@@H](CNc1cc(-c2ccc(Cl)c(F)c2)ncn1)c1ccccc1. The van der Waals surface area contributed by atoms with Gasteiger partial charge in [-0.15, -0.1) is 0 Å². The highest BCUT2D eigenvalue weighted by molar-refractivity contribution is 6.30. The first-order valence-corrected chi connectivity index (χ1v) is 9.00. The normalized spacial score (nSPS) is 11.8. The minimum absolute atomic E-state index is 0.0668. The van der Waals surface area contributed by atoms with Crippen LogP contribution in [0.15, 0.2) is 60.9 Å². The van der Waals surface area contributed by atoms with E-state index in [9.17, 15) is 22.7 Å². The summed E-state index contributed by atoms with van der Waals surface area (Å²) in [5, 5.41) is 20.4. The number of hydrogen-bond acceptors (Lipinski definition) is 5. The molecule has 31 heavy (non-hydrogen) atoms. The van der Waals surface area contributed by atoms with E-state index in [0.29, 0.717) is 23.6 Å². The number of rotatable bonds is 5. The Morgan fingerprint density at radius 3 is 2.32 bits per heavy atom. The minimum Gasteiger partial charge on any atom is -0.475 e. The Morgan fingerprint density at radius 2 is 1.74 bits per heavy atom. The number of aliphatic hydroxyl groups excluding tert-OH is 1. The number of benzene rings is 2. The lowest BCUT2D eigenvalue weighted by Gasteiger charge is -2.13. The molecule has 0 bridgehead atoms. The molecule has 1 heterocycles. The molecule has 1 aromatic heterocycles. The number of aliphatic hydroxyl groups is 1. The molecule has 0 aliphatic rings. The van der Waals surface area contributed by atoms with Gasteiger partial charge in [0.2, 0.25) is 0 Å². The van der Waals surface area contributed by atoms with Gasteiger partial charge >= 0.3 is 12.1 Å². The maximum absolute atomic E-state index is 13.6. The first kappa shape index (κ1) is 24.0. The van der Waals surface area contributed by atoms with Gasteiger partial charge in [-0.1, -0.05) is 48.0 Å². The highest BCUT2D eigenvalue weighted by atomic mass is 35.5. The molecule has 6 nitrogen and oxygen atoms in total. The molecule has 0 saturated heterocycles. The molecule has 0 aliphatic heterocycles. The number of nitrogens with zero attached hydrogens (tertiary/aromatic N) is 2. The lowest BCUT2D eigenvalue weighted by molar-refractivity contribution is -0.192. The highest BCUT2D eigenvalue weighted by Gasteiger charge is 2.38. The number of aliphatic carboxylic acids is 1. The third-order valence-corrected chi connectivity index (χ3v) is 4.09. The molecule has 0 aliphatic carbocycles. The van der Waals surface area contributed by atoms with Gasteiger partial charge in [-0.05, 0) is 17.7 Å². The van der Waals surface area contributed by atoms with E-state index < -0.39 is 24.1 Å². The zero-order valence-corrected chi connectivity index (χ0v) is 16.4. The van der Waals surface area contributed by atoms with Gasteiger partial charge in [0, 0.05) is 18.2 Å². The van der Waals surface area contributed by atoms with Gasteiger partial charge in [0.1, 0.15) is 18.0 Å². The number of halogens is 5. The van der Waals surface area contributed by atoms with E-state index in [4.69, 9.17) is 21.5 Å². The number of carboxylic acids is 1. The topological polar surface area (TPSA) is 95.3 Å². The molecule has 2 aromatic carbocycles. The molecule has 0 radical (unpaired) electrons. The first-order valence-electron chi connectivity index (χ1n) is 8.62. The predicted molar refractivity (Wildman–Crippen MR) is 106 cm³/mol.